The molecule has 0 saturated heterocycles. The first-order valence-electron chi connectivity index (χ1n) is 8.01. The van der Waals surface area contributed by atoms with Gasteiger partial charge in [-0.1, -0.05) is 0 Å². The third kappa shape index (κ3) is 4.58. The van der Waals surface area contributed by atoms with Crippen LogP contribution < -0.4 is 10.1 Å². The Bertz CT molecular complexity index is 766. The van der Waals surface area contributed by atoms with Crippen LogP contribution >= 0.6 is 0 Å². The van der Waals surface area contributed by atoms with Gasteiger partial charge >= 0.3 is 5.97 Å². The lowest BCUT2D eigenvalue weighted by molar-refractivity contribution is -0.138. The molecular weight excluding hydrogens is 324 g/mol. The van der Waals surface area contributed by atoms with Crippen molar-refractivity contribution in [2.75, 3.05) is 34.0 Å². The van der Waals surface area contributed by atoms with Crippen molar-refractivity contribution in [3.05, 3.63) is 29.5 Å². The Morgan fingerprint density at radius 2 is 1.88 bits per heavy atom. The van der Waals surface area contributed by atoms with E-state index in [9.17, 15) is 9.59 Å². The largest absolute Gasteiger partial charge is 0.425 e. The first-order valence-corrected chi connectivity index (χ1v) is 8.01. The van der Waals surface area contributed by atoms with Gasteiger partial charge in [-0.2, -0.15) is 0 Å². The SMILES string of the molecule is COCC(=O)NCCc1c(C)n(C)c2ccc(OC(=O)COC)cc12. The molecule has 25 heavy (non-hydrogen) atoms. The number of hydrogen-bond donors (Lipinski definition) is 1. The minimum atomic E-state index is -0.442. The molecule has 1 N–H and O–H groups in total. The third-order valence-corrected chi connectivity index (χ3v) is 4.06. The summed E-state index contributed by atoms with van der Waals surface area (Å²) >= 11 is 0. The number of carbonyl (C=O) groups is 2. The van der Waals surface area contributed by atoms with Crippen molar-refractivity contribution in [2.45, 2.75) is 13.3 Å². The number of amides is 1. The zero-order valence-corrected chi connectivity index (χ0v) is 15.0. The van der Waals surface area contributed by atoms with Crippen LogP contribution in [0.5, 0.6) is 5.75 Å². The number of aromatic nitrogens is 1. The van der Waals surface area contributed by atoms with E-state index in [4.69, 9.17) is 14.2 Å². The predicted octanol–water partition coefficient (Wildman–Crippen LogP) is 1.34. The van der Waals surface area contributed by atoms with E-state index in [1.54, 1.807) is 6.07 Å². The van der Waals surface area contributed by atoms with Gasteiger partial charge in [0.15, 0.2) is 0 Å². The van der Waals surface area contributed by atoms with Gasteiger partial charge in [0.05, 0.1) is 0 Å². The molecule has 0 aliphatic heterocycles. The molecule has 1 aromatic heterocycles. The van der Waals surface area contributed by atoms with Crippen LogP contribution in [0, 0.1) is 6.92 Å². The molecule has 0 atom stereocenters. The van der Waals surface area contributed by atoms with E-state index in [2.05, 4.69) is 9.88 Å². The van der Waals surface area contributed by atoms with E-state index in [0.717, 1.165) is 22.2 Å². The summed E-state index contributed by atoms with van der Waals surface area (Å²) in [5, 5.41) is 3.83. The number of fused-ring (bicyclic) bond motifs is 1. The minimum Gasteiger partial charge on any atom is -0.425 e. The number of rotatable bonds is 8. The summed E-state index contributed by atoms with van der Waals surface area (Å²) in [7, 11) is 4.92. The molecule has 136 valence electrons. The topological polar surface area (TPSA) is 78.8 Å². The number of aryl methyl sites for hydroxylation is 1. The van der Waals surface area contributed by atoms with Crippen LogP contribution in [0.15, 0.2) is 18.2 Å². The standard InChI is InChI=1S/C18H24N2O5/c1-12-14(7-8-19-17(21)10-23-3)15-9-13(25-18(22)11-24-4)5-6-16(15)20(12)2/h5-6,9H,7-8,10-11H2,1-4H3,(H,19,21). The van der Waals surface area contributed by atoms with Crippen molar-refractivity contribution in [1.82, 2.24) is 9.88 Å². The van der Waals surface area contributed by atoms with Crippen LogP contribution in [0.4, 0.5) is 0 Å². The number of nitrogens with zero attached hydrogens (tertiary/aromatic N) is 1. The van der Waals surface area contributed by atoms with Gasteiger partial charge in [0.25, 0.3) is 0 Å². The van der Waals surface area contributed by atoms with Gasteiger partial charge in [0.1, 0.15) is 19.0 Å². The Morgan fingerprint density at radius 3 is 2.56 bits per heavy atom. The van der Waals surface area contributed by atoms with E-state index in [0.29, 0.717) is 18.7 Å². The highest BCUT2D eigenvalue weighted by molar-refractivity contribution is 5.88. The smallest absolute Gasteiger partial charge is 0.337 e. The van der Waals surface area contributed by atoms with Gasteiger partial charge in [-0.15, -0.1) is 0 Å². The molecular formula is C18H24N2O5. The summed E-state index contributed by atoms with van der Waals surface area (Å²) in [6.45, 7) is 2.50. The highest BCUT2D eigenvalue weighted by Gasteiger charge is 2.14. The van der Waals surface area contributed by atoms with Crippen molar-refractivity contribution < 1.29 is 23.8 Å². The third-order valence-electron chi connectivity index (χ3n) is 4.06. The van der Waals surface area contributed by atoms with Gasteiger partial charge in [0, 0.05) is 44.4 Å². The summed E-state index contributed by atoms with van der Waals surface area (Å²) in [6, 6.07) is 5.53. The molecule has 7 heteroatoms. The van der Waals surface area contributed by atoms with Crippen LogP contribution in [0.25, 0.3) is 10.9 Å². The minimum absolute atomic E-state index is 0.0497. The maximum absolute atomic E-state index is 11.6. The highest BCUT2D eigenvalue weighted by atomic mass is 16.6. The zero-order chi connectivity index (χ0) is 18.4. The van der Waals surface area contributed by atoms with Crippen LogP contribution in [-0.4, -0.2) is 50.4 Å². The maximum Gasteiger partial charge on any atom is 0.337 e. The molecule has 0 bridgehead atoms. The molecule has 2 aromatic rings. The summed E-state index contributed by atoms with van der Waals surface area (Å²) in [5.74, 6) is -0.109. The van der Waals surface area contributed by atoms with Gasteiger partial charge in [-0.05, 0) is 37.1 Å². The van der Waals surface area contributed by atoms with Gasteiger partial charge in [-0.3, -0.25) is 4.79 Å². The Balaban J connectivity index is 2.21. The molecule has 0 aliphatic rings. The van der Waals surface area contributed by atoms with Crippen LogP contribution in [0.1, 0.15) is 11.3 Å². The van der Waals surface area contributed by atoms with Crippen molar-refractivity contribution >= 4 is 22.8 Å². The number of hydrogen-bond acceptors (Lipinski definition) is 5. The summed E-state index contributed by atoms with van der Waals surface area (Å²) < 4.78 is 16.9. The van der Waals surface area contributed by atoms with Gasteiger partial charge < -0.3 is 24.1 Å². The second-order valence-electron chi connectivity index (χ2n) is 5.74. The van der Waals surface area contributed by atoms with E-state index in [-0.39, 0.29) is 19.1 Å². The lowest BCUT2D eigenvalue weighted by Crippen LogP contribution is -2.29. The van der Waals surface area contributed by atoms with Crippen LogP contribution in [0.2, 0.25) is 0 Å². The molecule has 2 rings (SSSR count). The fourth-order valence-electron chi connectivity index (χ4n) is 2.79. The molecule has 1 amide bonds. The number of esters is 1. The number of methoxy groups -OCH3 is 2. The quantitative estimate of drug-likeness (QED) is 0.575. The lowest BCUT2D eigenvalue weighted by Gasteiger charge is -2.06. The van der Waals surface area contributed by atoms with E-state index in [1.165, 1.54) is 14.2 Å². The second-order valence-corrected chi connectivity index (χ2v) is 5.74. The Labute approximate surface area is 146 Å². The van der Waals surface area contributed by atoms with Crippen molar-refractivity contribution in [3.63, 3.8) is 0 Å². The lowest BCUT2D eigenvalue weighted by atomic mass is 10.1. The fraction of sp³-hybridized carbons (Fsp3) is 0.444. The van der Waals surface area contributed by atoms with Crippen molar-refractivity contribution in [1.29, 1.82) is 0 Å². The molecule has 1 aromatic carbocycles. The zero-order valence-electron chi connectivity index (χ0n) is 15.0. The Kier molecular flexibility index (Phi) is 6.55. The van der Waals surface area contributed by atoms with Crippen molar-refractivity contribution in [2.24, 2.45) is 7.05 Å². The monoisotopic (exact) mass is 348 g/mol. The highest BCUT2D eigenvalue weighted by Crippen LogP contribution is 2.29. The van der Waals surface area contributed by atoms with E-state index < -0.39 is 5.97 Å². The number of carbonyl (C=O) groups excluding carboxylic acids is 2. The molecule has 0 saturated carbocycles. The summed E-state index contributed by atoms with van der Waals surface area (Å²) in [5.41, 5.74) is 3.26. The van der Waals surface area contributed by atoms with Gasteiger partial charge in [-0.25, -0.2) is 4.79 Å². The first-order chi connectivity index (χ1) is 12.0. The van der Waals surface area contributed by atoms with Crippen LogP contribution in [0.3, 0.4) is 0 Å². The van der Waals surface area contributed by atoms with E-state index >= 15 is 0 Å². The summed E-state index contributed by atoms with van der Waals surface area (Å²) in [6.07, 6.45) is 0.675. The van der Waals surface area contributed by atoms with E-state index in [1.807, 2.05) is 26.1 Å². The molecule has 1 heterocycles. The number of nitrogens with one attached hydrogen (secondary N) is 1. The predicted molar refractivity (Wildman–Crippen MR) is 93.8 cm³/mol. The molecule has 0 aliphatic carbocycles. The average molecular weight is 348 g/mol. The Morgan fingerprint density at radius 1 is 1.16 bits per heavy atom. The van der Waals surface area contributed by atoms with Crippen LogP contribution in [-0.2, 0) is 32.5 Å². The normalized spacial score (nSPS) is 10.9. The second kappa shape index (κ2) is 8.64. The molecule has 7 nitrogen and oxygen atoms in total. The molecule has 0 unspecified atom stereocenters. The molecule has 0 fully saturated rings. The first kappa shape index (κ1) is 19.0. The van der Waals surface area contributed by atoms with Gasteiger partial charge in [0.2, 0.25) is 5.91 Å². The Hall–Kier alpha value is -2.38. The van der Waals surface area contributed by atoms with Crippen molar-refractivity contribution in [3.8, 4) is 5.75 Å². The fourth-order valence-corrected chi connectivity index (χ4v) is 2.79. The number of benzene rings is 1. The average Bonchev–Trinajstić information content (AvgIpc) is 2.80. The number of ether oxygens (including phenoxy) is 3. The molecule has 0 spiro atoms. The maximum atomic E-state index is 11.6. The molecule has 0 radical (unpaired) electrons. The summed E-state index contributed by atoms with van der Waals surface area (Å²) in [4.78, 5) is 23.1.